The molecule has 0 atom stereocenters. The second kappa shape index (κ2) is 3.36. The van der Waals surface area contributed by atoms with E-state index in [0.717, 1.165) is 6.07 Å². The fourth-order valence-corrected chi connectivity index (χ4v) is 1.96. The van der Waals surface area contributed by atoms with Crippen LogP contribution in [0.4, 0.5) is 0 Å². The van der Waals surface area contributed by atoms with Gasteiger partial charge < -0.3 is 10.2 Å². The first kappa shape index (κ1) is 10.7. The molecular weight excluding hydrogens is 232 g/mol. The van der Waals surface area contributed by atoms with Crippen LogP contribution in [-0.4, -0.2) is 23.2 Å². The highest BCUT2D eigenvalue weighted by Gasteiger charge is 2.12. The highest BCUT2D eigenvalue weighted by molar-refractivity contribution is 7.85. The molecule has 16 heavy (non-hydrogen) atoms. The van der Waals surface area contributed by atoms with Crippen molar-refractivity contribution in [2.45, 2.75) is 4.90 Å². The number of fused-ring (bicyclic) bond motifs is 1. The molecule has 2 aromatic carbocycles. The zero-order valence-electron chi connectivity index (χ0n) is 7.95. The van der Waals surface area contributed by atoms with Gasteiger partial charge in [0.1, 0.15) is 0 Å². The van der Waals surface area contributed by atoms with Crippen LogP contribution in [0.1, 0.15) is 0 Å². The van der Waals surface area contributed by atoms with Crippen LogP contribution in [0, 0.1) is 0 Å². The maximum Gasteiger partial charge on any atom is 0.294 e. The number of phenols is 2. The molecule has 0 amide bonds. The lowest BCUT2D eigenvalue weighted by molar-refractivity contribution is 0.408. The van der Waals surface area contributed by atoms with Crippen molar-refractivity contribution in [3.8, 4) is 11.5 Å². The highest BCUT2D eigenvalue weighted by Crippen LogP contribution is 2.34. The number of rotatable bonds is 1. The lowest BCUT2D eigenvalue weighted by Gasteiger charge is -2.04. The molecule has 3 N–H and O–H groups in total. The maximum absolute atomic E-state index is 10.9. The molecule has 0 aromatic heterocycles. The Bertz CT molecular complexity index is 660. The van der Waals surface area contributed by atoms with Crippen molar-refractivity contribution in [3.63, 3.8) is 0 Å². The molecule has 6 heteroatoms. The Balaban J connectivity index is 2.80. The van der Waals surface area contributed by atoms with Crippen LogP contribution >= 0.6 is 0 Å². The summed E-state index contributed by atoms with van der Waals surface area (Å²) in [4.78, 5) is -0.259. The van der Waals surface area contributed by atoms with Gasteiger partial charge in [-0.3, -0.25) is 4.55 Å². The Hall–Kier alpha value is -1.79. The molecule has 0 aliphatic carbocycles. The summed E-state index contributed by atoms with van der Waals surface area (Å²) in [6.45, 7) is 0. The average molecular weight is 240 g/mol. The summed E-state index contributed by atoms with van der Waals surface area (Å²) in [7, 11) is -4.26. The van der Waals surface area contributed by atoms with E-state index in [1.54, 1.807) is 0 Å². The molecule has 0 unspecified atom stereocenters. The predicted molar refractivity (Wildman–Crippen MR) is 57.1 cm³/mol. The molecule has 5 nitrogen and oxygen atoms in total. The van der Waals surface area contributed by atoms with E-state index >= 15 is 0 Å². The third-order valence-corrected chi connectivity index (χ3v) is 3.09. The van der Waals surface area contributed by atoms with Gasteiger partial charge in [-0.25, -0.2) is 0 Å². The van der Waals surface area contributed by atoms with Crippen LogP contribution in [0.25, 0.3) is 10.8 Å². The average Bonchev–Trinajstić information content (AvgIpc) is 2.22. The normalized spacial score (nSPS) is 11.8. The smallest absolute Gasteiger partial charge is 0.294 e. The standard InChI is InChI=1S/C10H8O5S/c11-9-4-1-6-5-7(16(13,14)15)2-3-8(6)10(9)12/h1-5,11-12H,(H,13,14,15). The van der Waals surface area contributed by atoms with Gasteiger partial charge >= 0.3 is 0 Å². The van der Waals surface area contributed by atoms with Crippen LogP contribution in [0.15, 0.2) is 35.2 Å². The Labute approximate surface area is 91.3 Å². The summed E-state index contributed by atoms with van der Waals surface area (Å²) in [5.74, 6) is -0.605. The molecule has 0 radical (unpaired) electrons. The first-order chi connectivity index (χ1) is 7.39. The van der Waals surface area contributed by atoms with Crippen molar-refractivity contribution in [2.24, 2.45) is 0 Å². The highest BCUT2D eigenvalue weighted by atomic mass is 32.2. The summed E-state index contributed by atoms with van der Waals surface area (Å²) in [6.07, 6.45) is 0. The Morgan fingerprint density at radius 2 is 1.69 bits per heavy atom. The molecule has 0 spiro atoms. The first-order valence-electron chi connectivity index (χ1n) is 4.32. The lowest BCUT2D eigenvalue weighted by Crippen LogP contribution is -1.97. The zero-order valence-corrected chi connectivity index (χ0v) is 8.77. The molecule has 0 aliphatic rings. The molecule has 0 saturated carbocycles. The molecule has 0 saturated heterocycles. The Morgan fingerprint density at radius 1 is 1.00 bits per heavy atom. The van der Waals surface area contributed by atoms with Gasteiger partial charge in [0.05, 0.1) is 4.90 Å². The zero-order chi connectivity index (χ0) is 11.9. The minimum Gasteiger partial charge on any atom is -0.504 e. The van der Waals surface area contributed by atoms with Crippen LogP contribution in [0.5, 0.6) is 11.5 Å². The van der Waals surface area contributed by atoms with Gasteiger partial charge in [-0.05, 0) is 29.7 Å². The van der Waals surface area contributed by atoms with E-state index in [1.165, 1.54) is 24.3 Å². The Kier molecular flexibility index (Phi) is 2.25. The van der Waals surface area contributed by atoms with E-state index in [2.05, 4.69) is 0 Å². The van der Waals surface area contributed by atoms with Gasteiger partial charge in [-0.2, -0.15) is 8.42 Å². The van der Waals surface area contributed by atoms with E-state index in [4.69, 9.17) is 4.55 Å². The molecule has 2 rings (SSSR count). The number of phenolic OH excluding ortho intramolecular Hbond substituents is 2. The van der Waals surface area contributed by atoms with Crippen LogP contribution < -0.4 is 0 Å². The minimum absolute atomic E-state index is 0.259. The quantitative estimate of drug-likeness (QED) is 0.518. The van der Waals surface area contributed by atoms with Crippen molar-refractivity contribution in [1.29, 1.82) is 0 Å². The van der Waals surface area contributed by atoms with Crippen molar-refractivity contribution in [3.05, 3.63) is 30.3 Å². The first-order valence-corrected chi connectivity index (χ1v) is 5.76. The third-order valence-electron chi connectivity index (χ3n) is 2.24. The van der Waals surface area contributed by atoms with Gasteiger partial charge in [-0.1, -0.05) is 6.07 Å². The Morgan fingerprint density at radius 3 is 2.31 bits per heavy atom. The molecular formula is C10H8O5S. The summed E-state index contributed by atoms with van der Waals surface area (Å²) in [6, 6.07) is 6.36. The minimum atomic E-state index is -4.26. The van der Waals surface area contributed by atoms with Gasteiger partial charge in [0.2, 0.25) is 0 Å². The fourth-order valence-electron chi connectivity index (χ4n) is 1.44. The van der Waals surface area contributed by atoms with Crippen LogP contribution in [0.2, 0.25) is 0 Å². The predicted octanol–water partition coefficient (Wildman–Crippen LogP) is 1.50. The van der Waals surface area contributed by atoms with Gasteiger partial charge in [-0.15, -0.1) is 0 Å². The van der Waals surface area contributed by atoms with E-state index in [1.807, 2.05) is 0 Å². The number of aromatic hydroxyl groups is 2. The molecule has 0 heterocycles. The summed E-state index contributed by atoms with van der Waals surface area (Å²) in [5.41, 5.74) is 0. The largest absolute Gasteiger partial charge is 0.504 e. The van der Waals surface area contributed by atoms with Gasteiger partial charge in [0, 0.05) is 5.39 Å². The topological polar surface area (TPSA) is 94.8 Å². The summed E-state index contributed by atoms with van der Waals surface area (Å²) >= 11 is 0. The molecule has 0 bridgehead atoms. The number of hydrogen-bond acceptors (Lipinski definition) is 4. The maximum atomic E-state index is 10.9. The summed E-state index contributed by atoms with van der Waals surface area (Å²) in [5, 5.41) is 19.4. The van der Waals surface area contributed by atoms with Crippen molar-refractivity contribution in [1.82, 2.24) is 0 Å². The third kappa shape index (κ3) is 1.68. The van der Waals surface area contributed by atoms with E-state index in [0.29, 0.717) is 10.8 Å². The van der Waals surface area contributed by atoms with Crippen LogP contribution in [-0.2, 0) is 10.1 Å². The van der Waals surface area contributed by atoms with Gasteiger partial charge in [0.25, 0.3) is 10.1 Å². The summed E-state index contributed by atoms with van der Waals surface area (Å²) < 4.78 is 30.6. The monoisotopic (exact) mass is 240 g/mol. The van der Waals surface area contributed by atoms with Crippen molar-refractivity contribution >= 4 is 20.9 Å². The molecule has 0 fully saturated rings. The lowest BCUT2D eigenvalue weighted by atomic mass is 10.1. The van der Waals surface area contributed by atoms with E-state index in [9.17, 15) is 18.6 Å². The van der Waals surface area contributed by atoms with E-state index in [-0.39, 0.29) is 16.4 Å². The van der Waals surface area contributed by atoms with Crippen LogP contribution in [0.3, 0.4) is 0 Å². The SMILES string of the molecule is O=S(=O)(O)c1ccc2c(O)c(O)ccc2c1. The van der Waals surface area contributed by atoms with Crippen molar-refractivity contribution < 1.29 is 23.2 Å². The van der Waals surface area contributed by atoms with E-state index < -0.39 is 10.1 Å². The number of hydrogen-bond donors (Lipinski definition) is 3. The second-order valence-corrected chi connectivity index (χ2v) is 4.71. The fraction of sp³-hybridized carbons (Fsp3) is 0. The second-order valence-electron chi connectivity index (χ2n) is 3.29. The molecule has 84 valence electrons. The number of benzene rings is 2. The molecule has 2 aromatic rings. The molecule has 0 aliphatic heterocycles. The van der Waals surface area contributed by atoms with Gasteiger partial charge in [0.15, 0.2) is 11.5 Å². The van der Waals surface area contributed by atoms with Crippen molar-refractivity contribution in [2.75, 3.05) is 0 Å².